The lowest BCUT2D eigenvalue weighted by Crippen LogP contribution is -1.97. The average molecular weight is 268 g/mol. The highest BCUT2D eigenvalue weighted by molar-refractivity contribution is 5.95. The number of aryl methyl sites for hydroxylation is 1. The van der Waals surface area contributed by atoms with E-state index < -0.39 is 5.97 Å². The number of aromatic carboxylic acids is 1. The summed E-state index contributed by atoms with van der Waals surface area (Å²) in [5.74, 6) is -0.594. The predicted molar refractivity (Wildman–Crippen MR) is 74.0 cm³/mol. The standard InChI is InChI=1S/C15H12N2O3/c1-9-5-4-7-11-13(15(19)20)16-14(17(9)11)10-6-2-3-8-12(10)18/h2-8,18H,1H3,(H,19,20). The summed E-state index contributed by atoms with van der Waals surface area (Å²) in [6.07, 6.45) is 0. The van der Waals surface area contributed by atoms with E-state index in [9.17, 15) is 15.0 Å². The van der Waals surface area contributed by atoms with Crippen molar-refractivity contribution in [2.75, 3.05) is 0 Å². The van der Waals surface area contributed by atoms with Crippen molar-refractivity contribution in [3.8, 4) is 17.1 Å². The molecule has 3 rings (SSSR count). The second-order valence-corrected chi connectivity index (χ2v) is 4.49. The molecule has 0 aliphatic carbocycles. The minimum absolute atomic E-state index is 0.0213. The highest BCUT2D eigenvalue weighted by Crippen LogP contribution is 2.30. The fourth-order valence-electron chi connectivity index (χ4n) is 2.30. The third-order valence-electron chi connectivity index (χ3n) is 3.20. The van der Waals surface area contributed by atoms with E-state index in [-0.39, 0.29) is 11.4 Å². The molecule has 0 bridgehead atoms. The topological polar surface area (TPSA) is 74.8 Å². The van der Waals surface area contributed by atoms with Crippen LogP contribution in [0.5, 0.6) is 5.75 Å². The molecule has 0 spiro atoms. The molecular weight excluding hydrogens is 256 g/mol. The average Bonchev–Trinajstić information content (AvgIpc) is 2.80. The van der Waals surface area contributed by atoms with Gasteiger partial charge in [-0.2, -0.15) is 0 Å². The molecule has 2 heterocycles. The largest absolute Gasteiger partial charge is 0.507 e. The summed E-state index contributed by atoms with van der Waals surface area (Å²) < 4.78 is 1.73. The number of phenolic OH excluding ortho intramolecular Hbond substituents is 1. The Kier molecular flexibility index (Phi) is 2.68. The van der Waals surface area contributed by atoms with Crippen molar-refractivity contribution in [3.05, 3.63) is 53.9 Å². The second-order valence-electron chi connectivity index (χ2n) is 4.49. The van der Waals surface area contributed by atoms with E-state index in [1.165, 1.54) is 0 Å². The van der Waals surface area contributed by atoms with Gasteiger partial charge in [-0.3, -0.25) is 4.40 Å². The van der Waals surface area contributed by atoms with E-state index in [1.807, 2.05) is 13.0 Å². The van der Waals surface area contributed by atoms with Gasteiger partial charge in [0, 0.05) is 5.69 Å². The van der Waals surface area contributed by atoms with E-state index in [1.54, 1.807) is 40.8 Å². The molecule has 0 saturated heterocycles. The van der Waals surface area contributed by atoms with E-state index >= 15 is 0 Å². The maximum absolute atomic E-state index is 11.3. The number of hydrogen-bond acceptors (Lipinski definition) is 3. The molecule has 0 saturated carbocycles. The van der Waals surface area contributed by atoms with Crippen molar-refractivity contribution in [3.63, 3.8) is 0 Å². The Labute approximate surface area is 114 Å². The van der Waals surface area contributed by atoms with Crippen LogP contribution in [0.4, 0.5) is 0 Å². The Balaban J connectivity index is 2.43. The summed E-state index contributed by atoms with van der Waals surface area (Å²) in [6.45, 7) is 1.86. The van der Waals surface area contributed by atoms with Crippen LogP contribution in [0.2, 0.25) is 0 Å². The molecule has 0 radical (unpaired) electrons. The van der Waals surface area contributed by atoms with Gasteiger partial charge in [0.05, 0.1) is 11.1 Å². The van der Waals surface area contributed by atoms with Crippen molar-refractivity contribution in [1.29, 1.82) is 0 Å². The lowest BCUT2D eigenvalue weighted by molar-refractivity contribution is 0.0693. The molecule has 0 unspecified atom stereocenters. The Bertz CT molecular complexity index is 821. The minimum Gasteiger partial charge on any atom is -0.507 e. The summed E-state index contributed by atoms with van der Waals surface area (Å²) in [5.41, 5.74) is 1.84. The van der Waals surface area contributed by atoms with Gasteiger partial charge in [-0.05, 0) is 31.2 Å². The van der Waals surface area contributed by atoms with Gasteiger partial charge in [0.25, 0.3) is 0 Å². The zero-order valence-corrected chi connectivity index (χ0v) is 10.7. The molecule has 20 heavy (non-hydrogen) atoms. The predicted octanol–water partition coefficient (Wildman–Crippen LogP) is 2.71. The van der Waals surface area contributed by atoms with Gasteiger partial charge in [0.1, 0.15) is 11.6 Å². The van der Waals surface area contributed by atoms with E-state index in [0.717, 1.165) is 5.69 Å². The molecule has 100 valence electrons. The molecule has 0 aliphatic heterocycles. The van der Waals surface area contributed by atoms with Gasteiger partial charge < -0.3 is 10.2 Å². The van der Waals surface area contributed by atoms with Crippen LogP contribution in [0.3, 0.4) is 0 Å². The number of benzene rings is 1. The SMILES string of the molecule is Cc1cccc2c(C(=O)O)nc(-c3ccccc3O)n12. The summed E-state index contributed by atoms with van der Waals surface area (Å²) in [5, 5.41) is 19.2. The minimum atomic E-state index is -1.09. The number of carbonyl (C=O) groups is 1. The maximum Gasteiger partial charge on any atom is 0.356 e. The number of carboxylic acid groups (broad SMARTS) is 1. The Morgan fingerprint density at radius 2 is 1.90 bits per heavy atom. The van der Waals surface area contributed by atoms with Crippen LogP contribution >= 0.6 is 0 Å². The van der Waals surface area contributed by atoms with Crippen LogP contribution in [0, 0.1) is 6.92 Å². The highest BCUT2D eigenvalue weighted by Gasteiger charge is 2.19. The summed E-state index contributed by atoms with van der Waals surface area (Å²) in [6, 6.07) is 12.1. The van der Waals surface area contributed by atoms with E-state index in [0.29, 0.717) is 16.9 Å². The zero-order valence-electron chi connectivity index (χ0n) is 10.7. The fraction of sp³-hybridized carbons (Fsp3) is 0.0667. The quantitative estimate of drug-likeness (QED) is 0.749. The van der Waals surface area contributed by atoms with Crippen molar-refractivity contribution in [1.82, 2.24) is 9.38 Å². The molecule has 3 aromatic rings. The molecule has 5 nitrogen and oxygen atoms in total. The number of hydrogen-bond donors (Lipinski definition) is 2. The number of para-hydroxylation sites is 1. The van der Waals surface area contributed by atoms with Crippen molar-refractivity contribution in [2.45, 2.75) is 6.92 Å². The van der Waals surface area contributed by atoms with Crippen LogP contribution in [0.15, 0.2) is 42.5 Å². The maximum atomic E-state index is 11.3. The molecule has 0 amide bonds. The number of pyridine rings is 1. The Hall–Kier alpha value is -2.82. The molecule has 1 aromatic carbocycles. The molecule has 2 aromatic heterocycles. The number of nitrogens with zero attached hydrogens (tertiary/aromatic N) is 2. The molecule has 5 heteroatoms. The third-order valence-corrected chi connectivity index (χ3v) is 3.20. The van der Waals surface area contributed by atoms with Crippen LogP contribution in [0.25, 0.3) is 16.9 Å². The normalized spacial score (nSPS) is 10.8. The smallest absolute Gasteiger partial charge is 0.356 e. The second kappa shape index (κ2) is 4.38. The number of fused-ring (bicyclic) bond motifs is 1. The van der Waals surface area contributed by atoms with Crippen molar-refractivity contribution < 1.29 is 15.0 Å². The van der Waals surface area contributed by atoms with Crippen LogP contribution in [-0.4, -0.2) is 25.6 Å². The van der Waals surface area contributed by atoms with E-state index in [4.69, 9.17) is 0 Å². The first-order valence-electron chi connectivity index (χ1n) is 6.09. The summed E-state index contributed by atoms with van der Waals surface area (Å²) >= 11 is 0. The van der Waals surface area contributed by atoms with Crippen LogP contribution < -0.4 is 0 Å². The molecule has 0 aliphatic rings. The number of rotatable bonds is 2. The molecule has 2 N–H and O–H groups in total. The highest BCUT2D eigenvalue weighted by atomic mass is 16.4. The molecular formula is C15H12N2O3. The Morgan fingerprint density at radius 1 is 1.15 bits per heavy atom. The van der Waals surface area contributed by atoms with Gasteiger partial charge in [-0.1, -0.05) is 18.2 Å². The van der Waals surface area contributed by atoms with Crippen molar-refractivity contribution >= 4 is 11.5 Å². The summed E-state index contributed by atoms with van der Waals surface area (Å²) in [7, 11) is 0. The fourth-order valence-corrected chi connectivity index (χ4v) is 2.30. The summed E-state index contributed by atoms with van der Waals surface area (Å²) in [4.78, 5) is 15.5. The van der Waals surface area contributed by atoms with Crippen LogP contribution in [-0.2, 0) is 0 Å². The lowest BCUT2D eigenvalue weighted by Gasteiger charge is -2.06. The van der Waals surface area contributed by atoms with E-state index in [2.05, 4.69) is 4.98 Å². The zero-order chi connectivity index (χ0) is 14.3. The Morgan fingerprint density at radius 3 is 2.60 bits per heavy atom. The molecule has 0 fully saturated rings. The monoisotopic (exact) mass is 268 g/mol. The van der Waals surface area contributed by atoms with Gasteiger partial charge in [-0.15, -0.1) is 0 Å². The number of imidazole rings is 1. The van der Waals surface area contributed by atoms with Gasteiger partial charge >= 0.3 is 5.97 Å². The van der Waals surface area contributed by atoms with Gasteiger partial charge in [-0.25, -0.2) is 9.78 Å². The number of aromatic hydroxyl groups is 1. The van der Waals surface area contributed by atoms with Crippen LogP contribution in [0.1, 0.15) is 16.2 Å². The third kappa shape index (κ3) is 1.72. The van der Waals surface area contributed by atoms with Crippen molar-refractivity contribution in [2.24, 2.45) is 0 Å². The first kappa shape index (κ1) is 12.2. The number of phenols is 1. The number of carboxylic acids is 1. The number of aromatic nitrogens is 2. The van der Waals surface area contributed by atoms with Gasteiger partial charge in [0.2, 0.25) is 0 Å². The molecule has 0 atom stereocenters. The first-order chi connectivity index (χ1) is 9.59. The lowest BCUT2D eigenvalue weighted by atomic mass is 10.2. The van der Waals surface area contributed by atoms with Gasteiger partial charge in [0.15, 0.2) is 5.69 Å². The first-order valence-corrected chi connectivity index (χ1v) is 6.09.